The molecule has 0 N–H and O–H groups in total. The Kier molecular flexibility index (Phi) is 4.94. The van der Waals surface area contributed by atoms with E-state index in [2.05, 4.69) is 37.9 Å². The summed E-state index contributed by atoms with van der Waals surface area (Å²) in [6, 6.07) is 10.8. The molecule has 2 rings (SSSR count). The summed E-state index contributed by atoms with van der Waals surface area (Å²) in [5, 5.41) is 1.49. The molecular weight excluding hydrogens is 290 g/mol. The minimum atomic E-state index is -3.35. The molecular formula is C14H24BO3PS. The molecule has 1 fully saturated rings. The first-order chi connectivity index (χ1) is 9.31. The van der Waals surface area contributed by atoms with E-state index in [-0.39, 0.29) is 6.10 Å². The zero-order chi connectivity index (χ0) is 14.8. The summed E-state index contributed by atoms with van der Waals surface area (Å²) < 4.78 is 27.6. The molecule has 1 aromatic rings. The standard InChI is InChI=1S/C14H24BO3PS/c1-12(18-20(2,16)17)11-14-9-6-10-19(14,15)13-7-4-3-5-8-13/h3-5,7-8,12,14,19H,6,9-11,15H2,1-2H3/t12?,14-/m1/s1. The second kappa shape index (κ2) is 6.17. The summed E-state index contributed by atoms with van der Waals surface area (Å²) in [6.45, 7) is 1.87. The summed E-state index contributed by atoms with van der Waals surface area (Å²) >= 11 is 0. The minimum absolute atomic E-state index is 0.219. The van der Waals surface area contributed by atoms with Crippen molar-refractivity contribution in [3.05, 3.63) is 30.3 Å². The first kappa shape index (κ1) is 16.0. The van der Waals surface area contributed by atoms with E-state index in [9.17, 15) is 8.42 Å². The number of rotatable bonds is 5. The van der Waals surface area contributed by atoms with E-state index in [0.29, 0.717) is 5.66 Å². The number of benzene rings is 1. The Labute approximate surface area is 123 Å². The summed E-state index contributed by atoms with van der Waals surface area (Å²) in [5.41, 5.74) is 0.613. The molecule has 112 valence electrons. The van der Waals surface area contributed by atoms with Gasteiger partial charge in [-0.05, 0) is 0 Å². The van der Waals surface area contributed by atoms with Crippen LogP contribution in [0.2, 0.25) is 0 Å². The Hall–Kier alpha value is -0.375. The van der Waals surface area contributed by atoms with Crippen LogP contribution in [0.25, 0.3) is 0 Å². The molecule has 6 heteroatoms. The summed E-state index contributed by atoms with van der Waals surface area (Å²) in [7, 11) is -2.42. The maximum absolute atomic E-state index is 11.2. The molecule has 1 heterocycles. The van der Waals surface area contributed by atoms with Gasteiger partial charge in [0, 0.05) is 0 Å². The van der Waals surface area contributed by atoms with Crippen LogP contribution in [-0.2, 0) is 14.3 Å². The molecule has 0 aromatic heterocycles. The van der Waals surface area contributed by atoms with E-state index in [1.54, 1.807) is 0 Å². The topological polar surface area (TPSA) is 43.4 Å². The van der Waals surface area contributed by atoms with Gasteiger partial charge in [0.1, 0.15) is 0 Å². The van der Waals surface area contributed by atoms with Crippen LogP contribution in [0.3, 0.4) is 0 Å². The number of hydrogen-bond donors (Lipinski definition) is 0. The van der Waals surface area contributed by atoms with Crippen LogP contribution in [0.15, 0.2) is 30.3 Å². The summed E-state index contributed by atoms with van der Waals surface area (Å²) in [5.74, 6) is 0. The zero-order valence-electron chi connectivity index (χ0n) is 12.5. The van der Waals surface area contributed by atoms with Gasteiger partial charge in [-0.2, -0.15) is 0 Å². The number of hydrogen-bond acceptors (Lipinski definition) is 3. The average Bonchev–Trinajstić information content (AvgIpc) is 2.71. The first-order valence-corrected chi connectivity index (χ1v) is 11.8. The molecule has 0 aliphatic carbocycles. The SMILES string of the molecule is B[PH]1(c2ccccc2)CCC[C@@H]1CC(C)OS(C)(=O)=O. The van der Waals surface area contributed by atoms with Crippen molar-refractivity contribution < 1.29 is 12.6 Å². The van der Waals surface area contributed by atoms with Crippen molar-refractivity contribution in [3.8, 4) is 0 Å². The van der Waals surface area contributed by atoms with Crippen molar-refractivity contribution in [2.75, 3.05) is 12.4 Å². The van der Waals surface area contributed by atoms with Gasteiger partial charge in [-0.15, -0.1) is 0 Å². The molecule has 3 nitrogen and oxygen atoms in total. The molecule has 0 spiro atoms. The van der Waals surface area contributed by atoms with Crippen molar-refractivity contribution in [1.29, 1.82) is 0 Å². The summed E-state index contributed by atoms with van der Waals surface area (Å²) in [6.07, 6.45) is 5.52. The molecule has 0 amide bonds. The van der Waals surface area contributed by atoms with Crippen LogP contribution in [0.5, 0.6) is 0 Å². The Morgan fingerprint density at radius 1 is 1.40 bits per heavy atom. The molecule has 1 aliphatic rings. The van der Waals surface area contributed by atoms with Crippen LogP contribution in [0.1, 0.15) is 26.2 Å². The van der Waals surface area contributed by atoms with Crippen LogP contribution >= 0.6 is 7.14 Å². The third kappa shape index (κ3) is 3.84. The second-order valence-electron chi connectivity index (χ2n) is 6.22. The van der Waals surface area contributed by atoms with E-state index in [4.69, 9.17) is 4.18 Å². The molecule has 1 unspecified atom stereocenters. The van der Waals surface area contributed by atoms with Crippen LogP contribution < -0.4 is 5.30 Å². The van der Waals surface area contributed by atoms with E-state index in [1.807, 2.05) is 6.92 Å². The predicted octanol–water partition coefficient (Wildman–Crippen LogP) is 1.53. The molecule has 1 aliphatic heterocycles. The molecule has 0 radical (unpaired) electrons. The normalized spacial score (nSPS) is 25.2. The Balaban J connectivity index is 2.11. The van der Waals surface area contributed by atoms with Gasteiger partial charge in [0.15, 0.2) is 0 Å². The first-order valence-electron chi connectivity index (χ1n) is 7.25. The summed E-state index contributed by atoms with van der Waals surface area (Å²) in [4.78, 5) is 0. The van der Waals surface area contributed by atoms with Gasteiger partial charge in [-0.1, -0.05) is 0 Å². The predicted molar refractivity (Wildman–Crippen MR) is 90.8 cm³/mol. The van der Waals surface area contributed by atoms with Gasteiger partial charge in [0.05, 0.1) is 0 Å². The molecule has 1 aromatic carbocycles. The third-order valence-corrected chi connectivity index (χ3v) is 10.6. The molecule has 0 saturated carbocycles. The van der Waals surface area contributed by atoms with Gasteiger partial charge < -0.3 is 0 Å². The van der Waals surface area contributed by atoms with Crippen molar-refractivity contribution in [2.45, 2.75) is 37.9 Å². The fourth-order valence-corrected chi connectivity index (χ4v) is 8.98. The quantitative estimate of drug-likeness (QED) is 0.470. The second-order valence-corrected chi connectivity index (χ2v) is 12.5. The fourth-order valence-electron chi connectivity index (χ4n) is 3.55. The van der Waals surface area contributed by atoms with Crippen molar-refractivity contribution in [3.63, 3.8) is 0 Å². The van der Waals surface area contributed by atoms with E-state index in [1.165, 1.54) is 24.3 Å². The van der Waals surface area contributed by atoms with Crippen molar-refractivity contribution in [2.24, 2.45) is 0 Å². The zero-order valence-corrected chi connectivity index (χ0v) is 14.3. The van der Waals surface area contributed by atoms with Gasteiger partial charge in [0.2, 0.25) is 0 Å². The van der Waals surface area contributed by atoms with E-state index >= 15 is 0 Å². The fraction of sp³-hybridized carbons (Fsp3) is 0.571. The Morgan fingerprint density at radius 3 is 2.65 bits per heavy atom. The van der Waals surface area contributed by atoms with Crippen molar-refractivity contribution in [1.82, 2.24) is 0 Å². The molecule has 0 bridgehead atoms. The van der Waals surface area contributed by atoms with Crippen LogP contribution in [-0.4, -0.2) is 40.2 Å². The van der Waals surface area contributed by atoms with Gasteiger partial charge in [-0.25, -0.2) is 0 Å². The monoisotopic (exact) mass is 314 g/mol. The van der Waals surface area contributed by atoms with Gasteiger partial charge in [0.25, 0.3) is 0 Å². The maximum atomic E-state index is 11.2. The third-order valence-electron chi connectivity index (χ3n) is 4.54. The molecule has 2 atom stereocenters. The van der Waals surface area contributed by atoms with Crippen LogP contribution in [0, 0.1) is 0 Å². The van der Waals surface area contributed by atoms with Gasteiger partial charge >= 0.3 is 123 Å². The molecule has 20 heavy (non-hydrogen) atoms. The average molecular weight is 314 g/mol. The van der Waals surface area contributed by atoms with E-state index < -0.39 is 17.3 Å². The van der Waals surface area contributed by atoms with Gasteiger partial charge in [-0.3, -0.25) is 0 Å². The Bertz CT molecular complexity index is 549. The van der Waals surface area contributed by atoms with Crippen molar-refractivity contribution >= 4 is 30.1 Å². The molecule has 1 saturated heterocycles. The van der Waals surface area contributed by atoms with Crippen LogP contribution in [0.4, 0.5) is 0 Å². The van der Waals surface area contributed by atoms with E-state index in [0.717, 1.165) is 12.7 Å². The Morgan fingerprint density at radius 2 is 2.05 bits per heavy atom.